The van der Waals surface area contributed by atoms with Crippen LogP contribution < -0.4 is 10.6 Å². The zero-order valence-electron chi connectivity index (χ0n) is 12.3. The summed E-state index contributed by atoms with van der Waals surface area (Å²) >= 11 is 0. The van der Waals surface area contributed by atoms with Gasteiger partial charge in [0.05, 0.1) is 0 Å². The lowest BCUT2D eigenvalue weighted by Crippen LogP contribution is -2.53. The number of aliphatic carboxylic acids is 1. The molecule has 0 saturated carbocycles. The number of carbonyl (C=O) groups is 2. The van der Waals surface area contributed by atoms with Gasteiger partial charge in [-0.1, -0.05) is 0 Å². The van der Waals surface area contributed by atoms with Crippen LogP contribution >= 0.6 is 0 Å². The molecule has 2 fully saturated rings. The minimum atomic E-state index is -0.835. The number of hydrogen-bond donors (Lipinski definition) is 3. The fourth-order valence-corrected chi connectivity index (χ4v) is 3.24. The number of rotatable bonds is 5. The zero-order chi connectivity index (χ0) is 14.8. The first kappa shape index (κ1) is 15.1. The van der Waals surface area contributed by atoms with Gasteiger partial charge in [0.1, 0.15) is 0 Å². The second-order valence-electron chi connectivity index (χ2n) is 6.52. The number of nitrogens with one attached hydrogen (secondary N) is 2. The van der Waals surface area contributed by atoms with Gasteiger partial charge in [0, 0.05) is 30.6 Å². The molecular formula is C14H25N3O3. The third-order valence-electron chi connectivity index (χ3n) is 4.34. The highest BCUT2D eigenvalue weighted by atomic mass is 16.4. The monoisotopic (exact) mass is 283 g/mol. The largest absolute Gasteiger partial charge is 0.481 e. The van der Waals surface area contributed by atoms with Crippen molar-refractivity contribution in [3.05, 3.63) is 0 Å². The lowest BCUT2D eigenvalue weighted by molar-refractivity contribution is -0.137. The average Bonchev–Trinajstić information content (AvgIpc) is 2.91. The van der Waals surface area contributed by atoms with Crippen LogP contribution in [0.15, 0.2) is 0 Å². The summed E-state index contributed by atoms with van der Waals surface area (Å²) in [4.78, 5) is 25.1. The topological polar surface area (TPSA) is 81.7 Å². The van der Waals surface area contributed by atoms with Crippen molar-refractivity contribution in [2.75, 3.05) is 13.1 Å². The Bertz CT molecular complexity index is 384. The van der Waals surface area contributed by atoms with Gasteiger partial charge in [0.2, 0.25) is 0 Å². The second kappa shape index (κ2) is 5.99. The van der Waals surface area contributed by atoms with Gasteiger partial charge in [-0.05, 0) is 46.1 Å². The minimum absolute atomic E-state index is 0.0626. The summed E-state index contributed by atoms with van der Waals surface area (Å²) in [5.74, 6) is -0.835. The zero-order valence-corrected chi connectivity index (χ0v) is 12.3. The molecule has 6 nitrogen and oxygen atoms in total. The molecule has 2 unspecified atom stereocenters. The first-order valence-electron chi connectivity index (χ1n) is 7.42. The van der Waals surface area contributed by atoms with E-state index in [4.69, 9.17) is 5.11 Å². The first-order chi connectivity index (χ1) is 9.37. The predicted octanol–water partition coefficient (Wildman–Crippen LogP) is 1.17. The summed E-state index contributed by atoms with van der Waals surface area (Å²) in [6.07, 6.45) is 3.87. The lowest BCUT2D eigenvalue weighted by atomic mass is 9.98. The van der Waals surface area contributed by atoms with Crippen molar-refractivity contribution in [2.45, 2.75) is 63.6 Å². The van der Waals surface area contributed by atoms with Crippen LogP contribution in [-0.2, 0) is 4.79 Å². The molecular weight excluding hydrogens is 258 g/mol. The van der Waals surface area contributed by atoms with Gasteiger partial charge in [0.15, 0.2) is 0 Å². The highest BCUT2D eigenvalue weighted by Gasteiger charge is 2.38. The number of carbonyl (C=O) groups excluding carboxylic acids is 1. The maximum atomic E-state index is 12.1. The third kappa shape index (κ3) is 3.85. The van der Waals surface area contributed by atoms with Gasteiger partial charge in [-0.3, -0.25) is 9.69 Å². The molecule has 114 valence electrons. The Labute approximate surface area is 119 Å². The molecule has 2 saturated heterocycles. The van der Waals surface area contributed by atoms with Crippen LogP contribution in [0, 0.1) is 0 Å². The number of carboxylic acids is 1. The van der Waals surface area contributed by atoms with Crippen LogP contribution in [0.5, 0.6) is 0 Å². The minimum Gasteiger partial charge on any atom is -0.481 e. The van der Waals surface area contributed by atoms with Crippen molar-refractivity contribution in [3.8, 4) is 0 Å². The molecule has 0 aromatic heterocycles. The highest BCUT2D eigenvalue weighted by Crippen LogP contribution is 2.27. The molecule has 2 rings (SSSR count). The summed E-state index contributed by atoms with van der Waals surface area (Å²) in [5, 5.41) is 14.7. The molecule has 2 atom stereocenters. The van der Waals surface area contributed by atoms with Crippen LogP contribution in [0.3, 0.4) is 0 Å². The van der Waals surface area contributed by atoms with Gasteiger partial charge >= 0.3 is 12.0 Å². The van der Waals surface area contributed by atoms with Crippen molar-refractivity contribution in [2.24, 2.45) is 0 Å². The molecule has 0 bridgehead atoms. The molecule has 0 spiro atoms. The number of amides is 2. The summed E-state index contributed by atoms with van der Waals surface area (Å²) in [6, 6.07) is 0.537. The number of fused-ring (bicyclic) bond motifs is 1. The maximum Gasteiger partial charge on any atom is 0.315 e. The molecule has 6 heteroatoms. The van der Waals surface area contributed by atoms with Gasteiger partial charge in [-0.15, -0.1) is 0 Å². The fraction of sp³-hybridized carbons (Fsp3) is 0.857. The Balaban J connectivity index is 1.78. The summed E-state index contributed by atoms with van der Waals surface area (Å²) < 4.78 is 0. The van der Waals surface area contributed by atoms with E-state index in [0.29, 0.717) is 12.5 Å². The summed E-state index contributed by atoms with van der Waals surface area (Å²) in [7, 11) is 0. The molecule has 2 aliphatic heterocycles. The number of hydrogen-bond acceptors (Lipinski definition) is 3. The predicted molar refractivity (Wildman–Crippen MR) is 75.6 cm³/mol. The Morgan fingerprint density at radius 1 is 1.30 bits per heavy atom. The molecule has 0 aromatic carbocycles. The Morgan fingerprint density at radius 3 is 2.75 bits per heavy atom. The number of carboxylic acid groups (broad SMARTS) is 1. The van der Waals surface area contributed by atoms with E-state index in [0.717, 1.165) is 25.9 Å². The number of nitrogens with zero attached hydrogens (tertiary/aromatic N) is 1. The Hall–Kier alpha value is -1.30. The van der Waals surface area contributed by atoms with Crippen LogP contribution in [-0.4, -0.2) is 52.7 Å². The fourth-order valence-electron chi connectivity index (χ4n) is 3.24. The lowest BCUT2D eigenvalue weighted by Gasteiger charge is -2.28. The number of urea groups is 1. The molecule has 2 amide bonds. The molecule has 2 aliphatic rings. The van der Waals surface area contributed by atoms with E-state index in [1.807, 2.05) is 13.8 Å². The molecule has 3 N–H and O–H groups in total. The van der Waals surface area contributed by atoms with Gasteiger partial charge in [-0.2, -0.15) is 0 Å². The van der Waals surface area contributed by atoms with Crippen LogP contribution in [0.4, 0.5) is 4.79 Å². The normalized spacial score (nSPS) is 26.3. The standard InChI is InChI=1S/C14H25N3O3/c1-14(2,7-5-12(18)19)16-13(20)15-10-6-9-17-8-3-4-11(10)17/h10-11H,3-9H2,1-2H3,(H,18,19)(H2,15,16,20). The Morgan fingerprint density at radius 2 is 2.05 bits per heavy atom. The maximum absolute atomic E-state index is 12.1. The van der Waals surface area contributed by atoms with Crippen LogP contribution in [0.1, 0.15) is 46.0 Å². The average molecular weight is 283 g/mol. The van der Waals surface area contributed by atoms with E-state index in [9.17, 15) is 9.59 Å². The SMILES string of the molecule is CC(C)(CCC(=O)O)NC(=O)NC1CCN2CCCC12. The second-order valence-corrected chi connectivity index (χ2v) is 6.52. The highest BCUT2D eigenvalue weighted by molar-refractivity contribution is 5.75. The van der Waals surface area contributed by atoms with Gasteiger partial charge in [-0.25, -0.2) is 4.79 Å². The van der Waals surface area contributed by atoms with E-state index in [-0.39, 0.29) is 18.5 Å². The van der Waals surface area contributed by atoms with Gasteiger partial charge in [0.25, 0.3) is 0 Å². The molecule has 0 aliphatic carbocycles. The third-order valence-corrected chi connectivity index (χ3v) is 4.34. The molecule has 0 aromatic rings. The summed E-state index contributed by atoms with van der Waals surface area (Å²) in [6.45, 7) is 5.92. The van der Waals surface area contributed by atoms with Crippen molar-refractivity contribution in [3.63, 3.8) is 0 Å². The van der Waals surface area contributed by atoms with Crippen LogP contribution in [0.2, 0.25) is 0 Å². The van der Waals surface area contributed by atoms with Crippen molar-refractivity contribution >= 4 is 12.0 Å². The van der Waals surface area contributed by atoms with Crippen molar-refractivity contribution in [1.29, 1.82) is 0 Å². The molecule has 20 heavy (non-hydrogen) atoms. The van der Waals surface area contributed by atoms with E-state index in [1.54, 1.807) is 0 Å². The van der Waals surface area contributed by atoms with Crippen molar-refractivity contribution in [1.82, 2.24) is 15.5 Å². The quantitative estimate of drug-likeness (QED) is 0.707. The van der Waals surface area contributed by atoms with Gasteiger partial charge < -0.3 is 15.7 Å². The van der Waals surface area contributed by atoms with E-state index in [2.05, 4.69) is 15.5 Å². The molecule has 0 radical (unpaired) electrons. The molecule has 2 heterocycles. The Kier molecular flexibility index (Phi) is 4.52. The van der Waals surface area contributed by atoms with E-state index < -0.39 is 11.5 Å². The summed E-state index contributed by atoms with van der Waals surface area (Å²) in [5.41, 5.74) is -0.504. The van der Waals surface area contributed by atoms with Crippen LogP contribution in [0.25, 0.3) is 0 Å². The van der Waals surface area contributed by atoms with Crippen molar-refractivity contribution < 1.29 is 14.7 Å². The smallest absolute Gasteiger partial charge is 0.315 e. The van der Waals surface area contributed by atoms with E-state index in [1.165, 1.54) is 6.42 Å². The first-order valence-corrected chi connectivity index (χ1v) is 7.42. The van der Waals surface area contributed by atoms with E-state index >= 15 is 0 Å².